The van der Waals surface area contributed by atoms with Gasteiger partial charge in [-0.05, 0) is 37.1 Å². The van der Waals surface area contributed by atoms with Crippen LogP contribution in [0.15, 0.2) is 29.3 Å². The number of carbonyl (C=O) groups is 2. The molecular formula is C12H11N3O2. The first-order valence-corrected chi connectivity index (χ1v) is 5.42. The molecule has 1 heterocycles. The summed E-state index contributed by atoms with van der Waals surface area (Å²) in [6.07, 6.45) is 1.21. The summed E-state index contributed by atoms with van der Waals surface area (Å²) in [5.41, 5.74) is 6.04. The number of benzene rings is 1. The lowest BCUT2D eigenvalue weighted by Gasteiger charge is -2.19. The van der Waals surface area contributed by atoms with Gasteiger partial charge < -0.3 is 11.1 Å². The Hall–Kier alpha value is -2.17. The number of hydrogen-bond donors (Lipinski definition) is 2. The molecule has 0 bridgehead atoms. The first-order chi connectivity index (χ1) is 8.12. The lowest BCUT2D eigenvalue weighted by atomic mass is 10.0. The van der Waals surface area contributed by atoms with E-state index in [2.05, 4.69) is 10.3 Å². The smallest absolute Gasteiger partial charge is 0.263 e. The highest BCUT2D eigenvalue weighted by Crippen LogP contribution is 2.48. The van der Waals surface area contributed by atoms with Crippen LogP contribution in [-0.2, 0) is 9.59 Å². The lowest BCUT2D eigenvalue weighted by molar-refractivity contribution is -0.135. The van der Waals surface area contributed by atoms with E-state index in [0.29, 0.717) is 29.9 Å². The predicted molar refractivity (Wildman–Crippen MR) is 62.2 cm³/mol. The van der Waals surface area contributed by atoms with Crippen LogP contribution < -0.4 is 11.1 Å². The molecule has 2 amide bonds. The summed E-state index contributed by atoms with van der Waals surface area (Å²) in [5, 5.41) is 2.68. The van der Waals surface area contributed by atoms with Crippen LogP contribution in [0.1, 0.15) is 18.4 Å². The van der Waals surface area contributed by atoms with Gasteiger partial charge in [-0.25, -0.2) is 0 Å². The quantitative estimate of drug-likeness (QED) is 0.541. The minimum Gasteiger partial charge on any atom is -0.399 e. The monoisotopic (exact) mass is 229 g/mol. The van der Waals surface area contributed by atoms with Crippen molar-refractivity contribution in [2.75, 3.05) is 5.73 Å². The number of nitrogens with one attached hydrogen (secondary N) is 1. The lowest BCUT2D eigenvalue weighted by Crippen LogP contribution is -2.45. The van der Waals surface area contributed by atoms with Gasteiger partial charge in [-0.15, -0.1) is 0 Å². The van der Waals surface area contributed by atoms with E-state index in [1.807, 2.05) is 0 Å². The molecule has 2 aliphatic rings. The van der Waals surface area contributed by atoms with Crippen molar-refractivity contribution < 1.29 is 9.59 Å². The van der Waals surface area contributed by atoms with Gasteiger partial charge in [0.2, 0.25) is 5.91 Å². The number of amides is 2. The summed E-state index contributed by atoms with van der Waals surface area (Å²) in [5.74, 6) is -0.241. The summed E-state index contributed by atoms with van der Waals surface area (Å²) in [6.45, 7) is 0. The van der Waals surface area contributed by atoms with Crippen LogP contribution in [0.3, 0.4) is 0 Å². The molecule has 0 aromatic heterocycles. The molecule has 1 fully saturated rings. The molecule has 1 spiro atoms. The maximum Gasteiger partial charge on any atom is 0.263 e. The van der Waals surface area contributed by atoms with Crippen LogP contribution in [0.2, 0.25) is 0 Å². The average Bonchev–Trinajstić information content (AvgIpc) is 3.08. The van der Waals surface area contributed by atoms with Crippen molar-refractivity contribution in [2.24, 2.45) is 10.4 Å². The van der Waals surface area contributed by atoms with E-state index in [-0.39, 0.29) is 11.8 Å². The zero-order valence-electron chi connectivity index (χ0n) is 9.06. The number of anilines is 1. The molecule has 1 saturated carbocycles. The minimum absolute atomic E-state index is 0.232. The summed E-state index contributed by atoms with van der Waals surface area (Å²) in [6, 6.07) is 6.87. The topological polar surface area (TPSA) is 84.5 Å². The molecule has 1 aromatic carbocycles. The summed E-state index contributed by atoms with van der Waals surface area (Å²) in [7, 11) is 0. The third kappa shape index (κ3) is 1.43. The molecule has 86 valence electrons. The first-order valence-electron chi connectivity index (χ1n) is 5.42. The van der Waals surface area contributed by atoms with Gasteiger partial charge in [-0.2, -0.15) is 4.99 Å². The van der Waals surface area contributed by atoms with Crippen LogP contribution in [0.4, 0.5) is 5.69 Å². The largest absolute Gasteiger partial charge is 0.399 e. The van der Waals surface area contributed by atoms with E-state index in [1.165, 1.54) is 0 Å². The molecule has 17 heavy (non-hydrogen) atoms. The molecule has 5 heteroatoms. The Morgan fingerprint density at radius 1 is 1.18 bits per heavy atom. The third-order valence-corrected chi connectivity index (χ3v) is 3.22. The highest BCUT2D eigenvalue weighted by Gasteiger charge is 2.58. The normalized spacial score (nSPS) is 21.1. The molecule has 3 rings (SSSR count). The minimum atomic E-state index is -0.850. The zero-order chi connectivity index (χ0) is 12.0. The fourth-order valence-electron chi connectivity index (χ4n) is 1.90. The molecule has 1 aliphatic carbocycles. The Kier molecular flexibility index (Phi) is 1.86. The third-order valence-electron chi connectivity index (χ3n) is 3.22. The number of carbonyl (C=O) groups excluding carboxylic acids is 2. The second-order valence-electron chi connectivity index (χ2n) is 4.42. The number of nitrogens with two attached hydrogens (primary N) is 1. The van der Waals surface area contributed by atoms with E-state index in [9.17, 15) is 9.59 Å². The van der Waals surface area contributed by atoms with Crippen molar-refractivity contribution in [3.63, 3.8) is 0 Å². The number of amidine groups is 1. The molecule has 0 unspecified atom stereocenters. The number of rotatable bonds is 1. The van der Waals surface area contributed by atoms with Gasteiger partial charge in [0.15, 0.2) is 0 Å². The SMILES string of the molecule is Nc1ccc(C2=NC(=O)C3(CC3)C(=O)N2)cc1. The Labute approximate surface area is 97.7 Å². The van der Waals surface area contributed by atoms with Gasteiger partial charge in [0.25, 0.3) is 5.91 Å². The second-order valence-corrected chi connectivity index (χ2v) is 4.42. The fourth-order valence-corrected chi connectivity index (χ4v) is 1.90. The van der Waals surface area contributed by atoms with Crippen LogP contribution in [0.25, 0.3) is 0 Å². The second kappa shape index (κ2) is 3.16. The summed E-state index contributed by atoms with van der Waals surface area (Å²) >= 11 is 0. The van der Waals surface area contributed by atoms with Gasteiger partial charge in [0.1, 0.15) is 11.3 Å². The Bertz CT molecular complexity index is 541. The molecule has 1 aromatic rings. The van der Waals surface area contributed by atoms with Crippen molar-refractivity contribution in [3.05, 3.63) is 29.8 Å². The van der Waals surface area contributed by atoms with Crippen molar-refractivity contribution in [3.8, 4) is 0 Å². The average molecular weight is 229 g/mol. The van der Waals surface area contributed by atoms with E-state index >= 15 is 0 Å². The first kappa shape index (κ1) is 10.0. The van der Waals surface area contributed by atoms with Gasteiger partial charge in [0.05, 0.1) is 0 Å². The Morgan fingerprint density at radius 2 is 1.82 bits per heavy atom. The van der Waals surface area contributed by atoms with E-state index in [0.717, 1.165) is 0 Å². The number of hydrogen-bond acceptors (Lipinski definition) is 3. The van der Waals surface area contributed by atoms with Crippen LogP contribution in [0, 0.1) is 5.41 Å². The Morgan fingerprint density at radius 3 is 2.35 bits per heavy atom. The molecule has 5 nitrogen and oxygen atoms in total. The van der Waals surface area contributed by atoms with Gasteiger partial charge in [-0.3, -0.25) is 9.59 Å². The molecule has 1 aliphatic heterocycles. The number of nitrogen functional groups attached to an aromatic ring is 1. The van der Waals surface area contributed by atoms with Crippen LogP contribution in [-0.4, -0.2) is 17.6 Å². The summed E-state index contributed by atoms with van der Waals surface area (Å²) in [4.78, 5) is 27.5. The zero-order valence-corrected chi connectivity index (χ0v) is 9.06. The summed E-state index contributed by atoms with van der Waals surface area (Å²) < 4.78 is 0. The molecule has 0 saturated heterocycles. The van der Waals surface area contributed by atoms with Crippen LogP contribution in [0.5, 0.6) is 0 Å². The van der Waals surface area contributed by atoms with Crippen molar-refractivity contribution in [1.29, 1.82) is 0 Å². The molecule has 0 radical (unpaired) electrons. The van der Waals surface area contributed by atoms with Gasteiger partial charge >= 0.3 is 0 Å². The fraction of sp³-hybridized carbons (Fsp3) is 0.250. The molecule has 0 atom stereocenters. The predicted octanol–water partition coefficient (Wildman–Crippen LogP) is 0.452. The van der Waals surface area contributed by atoms with Crippen molar-refractivity contribution in [1.82, 2.24) is 5.32 Å². The van der Waals surface area contributed by atoms with Crippen molar-refractivity contribution in [2.45, 2.75) is 12.8 Å². The maximum absolute atomic E-state index is 11.8. The van der Waals surface area contributed by atoms with Crippen molar-refractivity contribution >= 4 is 23.3 Å². The highest BCUT2D eigenvalue weighted by molar-refractivity contribution is 6.24. The molecular weight excluding hydrogens is 218 g/mol. The van der Waals surface area contributed by atoms with Crippen LogP contribution >= 0.6 is 0 Å². The van der Waals surface area contributed by atoms with E-state index in [4.69, 9.17) is 5.73 Å². The van der Waals surface area contributed by atoms with E-state index in [1.54, 1.807) is 24.3 Å². The van der Waals surface area contributed by atoms with Gasteiger partial charge in [0, 0.05) is 11.3 Å². The Balaban J connectivity index is 1.97. The standard InChI is InChI=1S/C12H11N3O2/c13-8-3-1-7(2-4-8)9-14-10(16)12(5-6-12)11(17)15-9/h1-4H,5-6,13H2,(H,14,15,16,17). The highest BCUT2D eigenvalue weighted by atomic mass is 16.2. The van der Waals surface area contributed by atoms with E-state index < -0.39 is 5.41 Å². The maximum atomic E-state index is 11.8. The molecule has 3 N–H and O–H groups in total. The number of nitrogens with zero attached hydrogens (tertiary/aromatic N) is 1. The number of aliphatic imine (C=N–C) groups is 1. The van der Waals surface area contributed by atoms with Gasteiger partial charge in [-0.1, -0.05) is 0 Å².